The number of hydrogen-bond acceptors (Lipinski definition) is 4. The second-order valence-electron chi connectivity index (χ2n) is 2.90. The first-order chi connectivity index (χ1) is 5.93. The number of H-pyrrole nitrogens is 1. The van der Waals surface area contributed by atoms with Gasteiger partial charge in [0, 0.05) is 0 Å². The largest absolute Gasteiger partial charge is 0.394 e. The molecule has 0 fully saturated rings. The van der Waals surface area contributed by atoms with Gasteiger partial charge in [-0.15, -0.1) is 0 Å². The van der Waals surface area contributed by atoms with Gasteiger partial charge in [-0.05, 0) is 13.8 Å². The Bertz CT molecular complexity index is 381. The molecule has 7 heteroatoms. The molecule has 0 amide bonds. The van der Waals surface area contributed by atoms with Crippen molar-refractivity contribution < 1.29 is 8.42 Å². The number of nitrogens with two attached hydrogens (primary N) is 1. The van der Waals surface area contributed by atoms with Crippen molar-refractivity contribution in [3.63, 3.8) is 0 Å². The fourth-order valence-electron chi connectivity index (χ4n) is 0.637. The quantitative estimate of drug-likeness (QED) is 0.652. The van der Waals surface area contributed by atoms with Gasteiger partial charge < -0.3 is 5.73 Å². The van der Waals surface area contributed by atoms with Gasteiger partial charge >= 0.3 is 0 Å². The van der Waals surface area contributed by atoms with Gasteiger partial charge in [-0.2, -0.15) is 5.10 Å². The molecular formula is C6H12N4O2S. The number of aromatic amines is 1. The van der Waals surface area contributed by atoms with Gasteiger partial charge in [-0.3, -0.25) is 9.82 Å². The maximum absolute atomic E-state index is 11.3. The summed E-state index contributed by atoms with van der Waals surface area (Å²) in [7, 11) is -3.34. The zero-order chi connectivity index (χ0) is 10.1. The van der Waals surface area contributed by atoms with E-state index < -0.39 is 15.3 Å². The zero-order valence-electron chi connectivity index (χ0n) is 7.40. The Labute approximate surface area is 76.6 Å². The molecule has 1 aromatic heterocycles. The van der Waals surface area contributed by atoms with Crippen LogP contribution < -0.4 is 10.5 Å². The van der Waals surface area contributed by atoms with Crippen molar-refractivity contribution in [2.45, 2.75) is 19.1 Å². The van der Waals surface area contributed by atoms with E-state index in [9.17, 15) is 8.42 Å². The maximum Gasteiger partial charge on any atom is 0.236 e. The third kappa shape index (κ3) is 2.11. The molecule has 1 aromatic rings. The van der Waals surface area contributed by atoms with Gasteiger partial charge in [0.05, 0.1) is 17.1 Å². The molecule has 74 valence electrons. The summed E-state index contributed by atoms with van der Waals surface area (Å²) in [4.78, 5) is 0. The third-order valence-corrected chi connectivity index (χ3v) is 3.26. The molecule has 0 radical (unpaired) electrons. The molecule has 6 nitrogen and oxygen atoms in total. The Morgan fingerprint density at radius 3 is 2.62 bits per heavy atom. The van der Waals surface area contributed by atoms with E-state index >= 15 is 0 Å². The lowest BCUT2D eigenvalue weighted by Crippen LogP contribution is -2.23. The molecule has 0 aliphatic carbocycles. The van der Waals surface area contributed by atoms with Crippen LogP contribution in [-0.2, 0) is 10.0 Å². The van der Waals surface area contributed by atoms with E-state index in [1.807, 2.05) is 0 Å². The monoisotopic (exact) mass is 204 g/mol. The molecule has 13 heavy (non-hydrogen) atoms. The highest BCUT2D eigenvalue weighted by Gasteiger charge is 2.17. The molecule has 0 unspecified atom stereocenters. The molecule has 0 spiro atoms. The lowest BCUT2D eigenvalue weighted by molar-refractivity contribution is 0.592. The minimum Gasteiger partial charge on any atom is -0.394 e. The van der Waals surface area contributed by atoms with Crippen molar-refractivity contribution >= 4 is 21.5 Å². The summed E-state index contributed by atoms with van der Waals surface area (Å²) in [5.74, 6) is 0.216. The van der Waals surface area contributed by atoms with Crippen LogP contribution >= 0.6 is 0 Å². The smallest absolute Gasteiger partial charge is 0.236 e. The molecule has 4 N–H and O–H groups in total. The Morgan fingerprint density at radius 1 is 1.62 bits per heavy atom. The lowest BCUT2D eigenvalue weighted by Gasteiger charge is -2.08. The minimum absolute atomic E-state index is 0.216. The van der Waals surface area contributed by atoms with E-state index in [1.165, 1.54) is 6.20 Å². The number of hydrogen-bond donors (Lipinski definition) is 3. The van der Waals surface area contributed by atoms with Crippen LogP contribution in [0.15, 0.2) is 6.20 Å². The summed E-state index contributed by atoms with van der Waals surface area (Å²) in [6.07, 6.45) is 1.35. The first-order valence-corrected chi connectivity index (χ1v) is 5.28. The van der Waals surface area contributed by atoms with Crippen LogP contribution in [0.2, 0.25) is 0 Å². The van der Waals surface area contributed by atoms with Gasteiger partial charge in [-0.1, -0.05) is 0 Å². The zero-order valence-corrected chi connectivity index (χ0v) is 8.22. The standard InChI is InChI=1S/C6H12N4O2S/c1-4(2)13(11,12)10-6-5(7)3-8-9-6/h3-4H,7H2,1-2H3,(H2,8,9,10). The molecule has 0 bridgehead atoms. The Hall–Kier alpha value is -1.24. The van der Waals surface area contributed by atoms with Crippen LogP contribution in [0.5, 0.6) is 0 Å². The summed E-state index contributed by atoms with van der Waals surface area (Å²) in [5.41, 5.74) is 5.71. The highest BCUT2D eigenvalue weighted by molar-refractivity contribution is 7.93. The van der Waals surface area contributed by atoms with E-state index in [1.54, 1.807) is 13.8 Å². The van der Waals surface area contributed by atoms with E-state index in [0.29, 0.717) is 0 Å². The molecule has 0 aliphatic heterocycles. The molecule has 0 saturated heterocycles. The summed E-state index contributed by atoms with van der Waals surface area (Å²) in [5, 5.41) is 5.53. The van der Waals surface area contributed by atoms with Crippen molar-refractivity contribution in [1.82, 2.24) is 10.2 Å². The van der Waals surface area contributed by atoms with E-state index in [2.05, 4.69) is 14.9 Å². The van der Waals surface area contributed by atoms with Gasteiger partial charge in [0.2, 0.25) is 10.0 Å². The van der Waals surface area contributed by atoms with Crippen LogP contribution in [0.3, 0.4) is 0 Å². The number of nitrogens with one attached hydrogen (secondary N) is 2. The number of rotatable bonds is 3. The average Bonchev–Trinajstić information content (AvgIpc) is 2.35. The van der Waals surface area contributed by atoms with Crippen molar-refractivity contribution in [2.24, 2.45) is 0 Å². The van der Waals surface area contributed by atoms with Crippen molar-refractivity contribution in [3.05, 3.63) is 6.20 Å². The van der Waals surface area contributed by atoms with Crippen LogP contribution in [0.25, 0.3) is 0 Å². The topological polar surface area (TPSA) is 101 Å². The van der Waals surface area contributed by atoms with Crippen LogP contribution in [0.1, 0.15) is 13.8 Å². The number of nitrogen functional groups attached to an aromatic ring is 1. The van der Waals surface area contributed by atoms with E-state index in [0.717, 1.165) is 0 Å². The highest BCUT2D eigenvalue weighted by Crippen LogP contribution is 2.15. The second-order valence-corrected chi connectivity index (χ2v) is 5.13. The summed E-state index contributed by atoms with van der Waals surface area (Å²) >= 11 is 0. The summed E-state index contributed by atoms with van der Waals surface area (Å²) < 4.78 is 25.0. The second kappa shape index (κ2) is 3.25. The van der Waals surface area contributed by atoms with Gasteiger partial charge in [0.1, 0.15) is 0 Å². The fraction of sp³-hybridized carbons (Fsp3) is 0.500. The predicted octanol–water partition coefficient (Wildman–Crippen LogP) is 0.142. The number of aromatic nitrogens is 2. The average molecular weight is 204 g/mol. The highest BCUT2D eigenvalue weighted by atomic mass is 32.2. The normalized spacial score (nSPS) is 11.9. The number of nitrogens with zero attached hydrogens (tertiary/aromatic N) is 1. The third-order valence-electron chi connectivity index (χ3n) is 1.53. The van der Waals surface area contributed by atoms with Gasteiger partial charge in [0.25, 0.3) is 0 Å². The number of anilines is 2. The van der Waals surface area contributed by atoms with E-state index in [4.69, 9.17) is 5.73 Å². The van der Waals surface area contributed by atoms with E-state index in [-0.39, 0.29) is 11.5 Å². The molecular weight excluding hydrogens is 192 g/mol. The van der Waals surface area contributed by atoms with Gasteiger partial charge in [0.15, 0.2) is 5.82 Å². The maximum atomic E-state index is 11.3. The minimum atomic E-state index is -3.34. The van der Waals surface area contributed by atoms with Gasteiger partial charge in [-0.25, -0.2) is 8.42 Å². The molecule has 0 aromatic carbocycles. The Kier molecular flexibility index (Phi) is 2.46. The molecule has 0 saturated carbocycles. The van der Waals surface area contributed by atoms with Crippen molar-refractivity contribution in [3.8, 4) is 0 Å². The molecule has 0 aliphatic rings. The lowest BCUT2D eigenvalue weighted by atomic mass is 10.5. The predicted molar refractivity (Wildman–Crippen MR) is 50.7 cm³/mol. The fourth-order valence-corrected chi connectivity index (χ4v) is 1.32. The first kappa shape index (κ1) is 9.85. The summed E-state index contributed by atoms with van der Waals surface area (Å²) in [6, 6.07) is 0. The molecule has 1 rings (SSSR count). The van der Waals surface area contributed by atoms with Crippen LogP contribution in [0.4, 0.5) is 11.5 Å². The number of sulfonamides is 1. The first-order valence-electron chi connectivity index (χ1n) is 3.74. The van der Waals surface area contributed by atoms with Crippen LogP contribution in [0, 0.1) is 0 Å². The Morgan fingerprint density at radius 2 is 2.23 bits per heavy atom. The molecule has 0 atom stereocenters. The Balaban J connectivity index is 2.88. The molecule has 1 heterocycles. The van der Waals surface area contributed by atoms with Crippen molar-refractivity contribution in [2.75, 3.05) is 10.5 Å². The van der Waals surface area contributed by atoms with Crippen molar-refractivity contribution in [1.29, 1.82) is 0 Å². The SMILES string of the molecule is CC(C)S(=O)(=O)Nc1[nH]ncc1N. The van der Waals surface area contributed by atoms with Crippen LogP contribution in [-0.4, -0.2) is 23.9 Å². The summed E-state index contributed by atoms with van der Waals surface area (Å²) in [6.45, 7) is 3.16.